The molecule has 6 heteroatoms. The quantitative estimate of drug-likeness (QED) is 0.799. The van der Waals surface area contributed by atoms with Crippen LogP contribution in [0.25, 0.3) is 10.8 Å². The number of hydrogen-bond donors (Lipinski definition) is 1. The summed E-state index contributed by atoms with van der Waals surface area (Å²) in [6.45, 7) is 0. The van der Waals surface area contributed by atoms with Crippen molar-refractivity contribution in [2.45, 2.75) is 0 Å². The standard InChI is InChI=1S/C15H12ClN3O2/c1-20-13-14(17)18-8-19-15(13)21-12-7-6-11(16)9-4-2-3-5-10(9)12/h2-8H,1H3,(H2,17,18,19). The predicted molar refractivity (Wildman–Crippen MR) is 82.0 cm³/mol. The van der Waals surface area contributed by atoms with E-state index in [1.54, 1.807) is 12.1 Å². The molecule has 106 valence electrons. The van der Waals surface area contributed by atoms with Gasteiger partial charge < -0.3 is 15.2 Å². The molecule has 0 spiro atoms. The first-order valence-corrected chi connectivity index (χ1v) is 6.58. The van der Waals surface area contributed by atoms with E-state index >= 15 is 0 Å². The van der Waals surface area contributed by atoms with Crippen LogP contribution >= 0.6 is 11.6 Å². The third kappa shape index (κ3) is 2.43. The summed E-state index contributed by atoms with van der Waals surface area (Å²) in [6.07, 6.45) is 1.32. The number of fused-ring (bicyclic) bond motifs is 1. The van der Waals surface area contributed by atoms with Gasteiger partial charge in [0, 0.05) is 15.8 Å². The first-order valence-electron chi connectivity index (χ1n) is 6.20. The first kappa shape index (κ1) is 13.5. The van der Waals surface area contributed by atoms with Gasteiger partial charge in [-0.05, 0) is 12.1 Å². The molecule has 1 heterocycles. The Morgan fingerprint density at radius 1 is 1.05 bits per heavy atom. The minimum Gasteiger partial charge on any atom is -0.489 e. The van der Waals surface area contributed by atoms with E-state index in [1.165, 1.54) is 13.4 Å². The summed E-state index contributed by atoms with van der Waals surface area (Å²) in [7, 11) is 1.49. The fraction of sp³-hybridized carbons (Fsp3) is 0.0667. The van der Waals surface area contributed by atoms with Crippen LogP contribution in [0.2, 0.25) is 5.02 Å². The van der Waals surface area contributed by atoms with Crippen molar-refractivity contribution in [3.05, 3.63) is 47.7 Å². The summed E-state index contributed by atoms with van der Waals surface area (Å²) >= 11 is 6.19. The molecular weight excluding hydrogens is 290 g/mol. The molecule has 0 aliphatic rings. The monoisotopic (exact) mass is 301 g/mol. The lowest BCUT2D eigenvalue weighted by atomic mass is 10.1. The predicted octanol–water partition coefficient (Wildman–Crippen LogP) is 3.67. The maximum atomic E-state index is 6.19. The van der Waals surface area contributed by atoms with E-state index in [0.717, 1.165) is 10.8 Å². The molecule has 0 saturated heterocycles. The highest BCUT2D eigenvalue weighted by Gasteiger charge is 2.14. The van der Waals surface area contributed by atoms with Gasteiger partial charge in [-0.15, -0.1) is 0 Å². The second-order valence-corrected chi connectivity index (χ2v) is 4.70. The van der Waals surface area contributed by atoms with Gasteiger partial charge in [-0.3, -0.25) is 0 Å². The molecule has 3 aromatic rings. The van der Waals surface area contributed by atoms with E-state index < -0.39 is 0 Å². The van der Waals surface area contributed by atoms with Gasteiger partial charge in [-0.25, -0.2) is 4.98 Å². The molecule has 0 atom stereocenters. The number of aromatic nitrogens is 2. The lowest BCUT2D eigenvalue weighted by Gasteiger charge is -2.12. The molecule has 0 aliphatic carbocycles. The van der Waals surface area contributed by atoms with Gasteiger partial charge >= 0.3 is 0 Å². The Kier molecular flexibility index (Phi) is 3.50. The molecule has 3 rings (SSSR count). The van der Waals surface area contributed by atoms with Crippen LogP contribution in [-0.2, 0) is 0 Å². The average molecular weight is 302 g/mol. The Morgan fingerprint density at radius 3 is 2.57 bits per heavy atom. The number of rotatable bonds is 3. The van der Waals surface area contributed by atoms with E-state index in [4.69, 9.17) is 26.8 Å². The molecule has 2 N–H and O–H groups in total. The number of anilines is 1. The van der Waals surface area contributed by atoms with E-state index in [2.05, 4.69) is 9.97 Å². The Bertz CT molecular complexity index is 808. The normalized spacial score (nSPS) is 10.6. The van der Waals surface area contributed by atoms with Crippen LogP contribution in [0.5, 0.6) is 17.4 Å². The molecule has 2 aromatic carbocycles. The number of benzene rings is 2. The number of methoxy groups -OCH3 is 1. The molecule has 0 radical (unpaired) electrons. The topological polar surface area (TPSA) is 70.3 Å². The minimum atomic E-state index is 0.223. The van der Waals surface area contributed by atoms with Crippen molar-refractivity contribution >= 4 is 28.2 Å². The van der Waals surface area contributed by atoms with Gasteiger partial charge in [0.2, 0.25) is 5.75 Å². The zero-order valence-electron chi connectivity index (χ0n) is 11.2. The summed E-state index contributed by atoms with van der Waals surface area (Å²) in [5.74, 6) is 1.40. The molecule has 0 amide bonds. The summed E-state index contributed by atoms with van der Waals surface area (Å²) in [5, 5.41) is 2.44. The third-order valence-corrected chi connectivity index (χ3v) is 3.37. The van der Waals surface area contributed by atoms with Crippen molar-refractivity contribution in [1.82, 2.24) is 9.97 Å². The highest BCUT2D eigenvalue weighted by molar-refractivity contribution is 6.35. The van der Waals surface area contributed by atoms with Gasteiger partial charge in [-0.2, -0.15) is 4.98 Å². The Balaban J connectivity index is 2.11. The zero-order valence-corrected chi connectivity index (χ0v) is 12.0. The Hall–Kier alpha value is -2.53. The molecule has 1 aromatic heterocycles. The Labute approximate surface area is 126 Å². The van der Waals surface area contributed by atoms with Crippen LogP contribution in [0.1, 0.15) is 0 Å². The van der Waals surface area contributed by atoms with E-state index in [0.29, 0.717) is 16.5 Å². The molecule has 0 aliphatic heterocycles. The first-order chi connectivity index (χ1) is 10.2. The smallest absolute Gasteiger partial charge is 0.268 e. The van der Waals surface area contributed by atoms with Gasteiger partial charge in [0.1, 0.15) is 12.1 Å². The zero-order chi connectivity index (χ0) is 14.8. The van der Waals surface area contributed by atoms with Crippen molar-refractivity contribution in [2.75, 3.05) is 12.8 Å². The second kappa shape index (κ2) is 5.46. The highest BCUT2D eigenvalue weighted by Crippen LogP contribution is 2.37. The molecule has 21 heavy (non-hydrogen) atoms. The summed E-state index contributed by atoms with van der Waals surface area (Å²) < 4.78 is 11.0. The van der Waals surface area contributed by atoms with Crippen LogP contribution < -0.4 is 15.2 Å². The molecule has 0 saturated carbocycles. The van der Waals surface area contributed by atoms with Gasteiger partial charge in [0.05, 0.1) is 7.11 Å². The van der Waals surface area contributed by atoms with Gasteiger partial charge in [0.15, 0.2) is 5.82 Å². The SMILES string of the molecule is COc1c(N)ncnc1Oc1ccc(Cl)c2ccccc12. The number of nitrogens with two attached hydrogens (primary N) is 1. The summed E-state index contributed by atoms with van der Waals surface area (Å²) in [6, 6.07) is 11.2. The molecule has 0 bridgehead atoms. The van der Waals surface area contributed by atoms with Crippen molar-refractivity contribution in [2.24, 2.45) is 0 Å². The number of nitrogens with zero attached hydrogens (tertiary/aromatic N) is 2. The van der Waals surface area contributed by atoms with Gasteiger partial charge in [0.25, 0.3) is 5.88 Å². The molecule has 0 unspecified atom stereocenters. The second-order valence-electron chi connectivity index (χ2n) is 4.29. The number of nitrogen functional groups attached to an aromatic ring is 1. The molecular formula is C15H12ClN3O2. The maximum Gasteiger partial charge on any atom is 0.268 e. The lowest BCUT2D eigenvalue weighted by molar-refractivity contribution is 0.371. The average Bonchev–Trinajstić information content (AvgIpc) is 2.51. The molecule has 5 nitrogen and oxygen atoms in total. The summed E-state index contributed by atoms with van der Waals surface area (Å²) in [5.41, 5.74) is 5.75. The minimum absolute atomic E-state index is 0.223. The number of ether oxygens (including phenoxy) is 2. The fourth-order valence-corrected chi connectivity index (χ4v) is 2.29. The fourth-order valence-electron chi connectivity index (χ4n) is 2.06. The van der Waals surface area contributed by atoms with E-state index in [9.17, 15) is 0 Å². The number of hydrogen-bond acceptors (Lipinski definition) is 5. The van der Waals surface area contributed by atoms with Crippen molar-refractivity contribution in [1.29, 1.82) is 0 Å². The molecule has 0 fully saturated rings. The van der Waals surface area contributed by atoms with Gasteiger partial charge in [-0.1, -0.05) is 35.9 Å². The van der Waals surface area contributed by atoms with Crippen LogP contribution in [0.4, 0.5) is 5.82 Å². The van der Waals surface area contributed by atoms with Crippen molar-refractivity contribution < 1.29 is 9.47 Å². The van der Waals surface area contributed by atoms with E-state index in [-0.39, 0.29) is 11.7 Å². The van der Waals surface area contributed by atoms with Crippen molar-refractivity contribution in [3.63, 3.8) is 0 Å². The van der Waals surface area contributed by atoms with E-state index in [1.807, 2.05) is 24.3 Å². The third-order valence-electron chi connectivity index (χ3n) is 3.04. The highest BCUT2D eigenvalue weighted by atomic mass is 35.5. The summed E-state index contributed by atoms with van der Waals surface area (Å²) in [4.78, 5) is 7.93. The lowest BCUT2D eigenvalue weighted by Crippen LogP contribution is -2.00. The van der Waals surface area contributed by atoms with Crippen LogP contribution in [0.15, 0.2) is 42.7 Å². The van der Waals surface area contributed by atoms with Crippen LogP contribution in [-0.4, -0.2) is 17.1 Å². The Morgan fingerprint density at radius 2 is 1.81 bits per heavy atom. The van der Waals surface area contributed by atoms with Crippen molar-refractivity contribution in [3.8, 4) is 17.4 Å². The maximum absolute atomic E-state index is 6.19. The van der Waals surface area contributed by atoms with Crippen LogP contribution in [0.3, 0.4) is 0 Å². The number of halogens is 1. The van der Waals surface area contributed by atoms with Crippen LogP contribution in [0, 0.1) is 0 Å². The largest absolute Gasteiger partial charge is 0.489 e.